The predicted octanol–water partition coefficient (Wildman–Crippen LogP) is 2.43. The Balaban J connectivity index is 2.59. The zero-order valence-corrected chi connectivity index (χ0v) is 14.0. The highest BCUT2D eigenvalue weighted by Gasteiger charge is 2.34. The van der Waals surface area contributed by atoms with Gasteiger partial charge in [-0.15, -0.1) is 0 Å². The molecule has 6 nitrogen and oxygen atoms in total. The molecule has 0 aromatic heterocycles. The van der Waals surface area contributed by atoms with Crippen molar-refractivity contribution in [2.24, 2.45) is 5.41 Å². The van der Waals surface area contributed by atoms with Crippen molar-refractivity contribution in [2.45, 2.75) is 64.9 Å². The molecular weight excluding hydrogens is 298 g/mol. The van der Waals surface area contributed by atoms with Crippen LogP contribution >= 0.6 is 0 Å². The van der Waals surface area contributed by atoms with E-state index in [1.54, 1.807) is 0 Å². The highest BCUT2D eigenvalue weighted by molar-refractivity contribution is 5.85. The first-order chi connectivity index (χ1) is 10.9. The third-order valence-corrected chi connectivity index (χ3v) is 4.16. The smallest absolute Gasteiger partial charge is 0.322 e. The highest BCUT2D eigenvalue weighted by Crippen LogP contribution is 2.33. The number of aliphatic carboxylic acids is 1. The molecule has 0 heterocycles. The maximum Gasteiger partial charge on any atom is 0.322 e. The Labute approximate surface area is 137 Å². The molecule has 2 atom stereocenters. The number of ether oxygens (including phenoxy) is 1. The van der Waals surface area contributed by atoms with Crippen LogP contribution in [0.1, 0.15) is 58.8 Å². The van der Waals surface area contributed by atoms with Gasteiger partial charge in [0.05, 0.1) is 0 Å². The van der Waals surface area contributed by atoms with Gasteiger partial charge in [-0.2, -0.15) is 0 Å². The molecule has 0 aromatic rings. The number of carboxylic acid groups (broad SMARTS) is 1. The fourth-order valence-electron chi connectivity index (χ4n) is 2.58. The summed E-state index contributed by atoms with van der Waals surface area (Å²) < 4.78 is 5.45. The van der Waals surface area contributed by atoms with E-state index in [9.17, 15) is 14.4 Å². The Morgan fingerprint density at radius 3 is 2.74 bits per heavy atom. The number of nitrogens with one attached hydrogen (secondary N) is 1. The van der Waals surface area contributed by atoms with Gasteiger partial charge >= 0.3 is 11.9 Å². The van der Waals surface area contributed by atoms with Crippen molar-refractivity contribution in [2.75, 3.05) is 6.54 Å². The van der Waals surface area contributed by atoms with Gasteiger partial charge in [-0.3, -0.25) is 14.4 Å². The molecule has 0 fully saturated rings. The molecule has 1 rings (SSSR count). The molecule has 1 aliphatic carbocycles. The summed E-state index contributed by atoms with van der Waals surface area (Å²) in [5.74, 6) is -1.53. The molecule has 0 radical (unpaired) electrons. The number of rotatable bonds is 7. The summed E-state index contributed by atoms with van der Waals surface area (Å²) in [6.45, 7) is 3.48. The molecule has 0 bridgehead atoms. The second kappa shape index (κ2) is 9.33. The molecule has 0 unspecified atom stereocenters. The van der Waals surface area contributed by atoms with Crippen LogP contribution < -0.4 is 5.32 Å². The van der Waals surface area contributed by atoms with Gasteiger partial charge in [-0.05, 0) is 38.2 Å². The van der Waals surface area contributed by atoms with E-state index in [0.717, 1.165) is 12.8 Å². The third-order valence-electron chi connectivity index (χ3n) is 4.16. The van der Waals surface area contributed by atoms with Crippen molar-refractivity contribution < 1.29 is 24.2 Å². The molecule has 0 saturated heterocycles. The van der Waals surface area contributed by atoms with Crippen LogP contribution in [-0.4, -0.2) is 35.6 Å². The molecule has 1 amide bonds. The van der Waals surface area contributed by atoms with Crippen molar-refractivity contribution in [3.05, 3.63) is 12.2 Å². The summed E-state index contributed by atoms with van der Waals surface area (Å²) in [6, 6.07) is 0. The number of carbonyl (C=O) groups excluding carboxylic acids is 2. The lowest BCUT2D eigenvalue weighted by molar-refractivity contribution is -0.148. The van der Waals surface area contributed by atoms with Crippen LogP contribution in [0.3, 0.4) is 0 Å². The second-order valence-electron chi connectivity index (χ2n) is 6.27. The van der Waals surface area contributed by atoms with E-state index in [4.69, 9.17) is 9.84 Å². The summed E-state index contributed by atoms with van der Waals surface area (Å²) in [7, 11) is 0. The van der Waals surface area contributed by atoms with E-state index in [1.165, 1.54) is 0 Å². The summed E-state index contributed by atoms with van der Waals surface area (Å²) in [4.78, 5) is 34.6. The Hall–Kier alpha value is -1.85. The van der Waals surface area contributed by atoms with Crippen molar-refractivity contribution in [3.63, 3.8) is 0 Å². The Morgan fingerprint density at radius 1 is 1.35 bits per heavy atom. The summed E-state index contributed by atoms with van der Waals surface area (Å²) in [5.41, 5.74) is -0.645. The van der Waals surface area contributed by atoms with E-state index >= 15 is 0 Å². The molecule has 2 N–H and O–H groups in total. The average molecular weight is 325 g/mol. The second-order valence-corrected chi connectivity index (χ2v) is 6.27. The minimum absolute atomic E-state index is 0.209. The number of amides is 1. The number of carboxylic acids is 1. The van der Waals surface area contributed by atoms with E-state index in [2.05, 4.69) is 5.32 Å². The van der Waals surface area contributed by atoms with E-state index < -0.39 is 11.4 Å². The van der Waals surface area contributed by atoms with Gasteiger partial charge in [0.15, 0.2) is 0 Å². The lowest BCUT2D eigenvalue weighted by Gasteiger charge is -2.30. The number of hydrogen-bond donors (Lipinski definition) is 2. The fraction of sp³-hybridized carbons (Fsp3) is 0.706. The van der Waals surface area contributed by atoms with Gasteiger partial charge in [-0.25, -0.2) is 0 Å². The number of unbranched alkanes of at least 4 members (excludes halogenated alkanes) is 1. The first-order valence-corrected chi connectivity index (χ1v) is 8.23. The van der Waals surface area contributed by atoms with Crippen LogP contribution in [0.4, 0.5) is 0 Å². The molecule has 23 heavy (non-hydrogen) atoms. The molecule has 0 aromatic carbocycles. The van der Waals surface area contributed by atoms with Crippen LogP contribution in [0.5, 0.6) is 0 Å². The Morgan fingerprint density at radius 2 is 2.09 bits per heavy atom. The number of allylic oxidation sites excluding steroid dienone is 1. The van der Waals surface area contributed by atoms with Crippen LogP contribution in [0, 0.1) is 5.41 Å². The molecule has 130 valence electrons. The van der Waals surface area contributed by atoms with E-state index in [0.29, 0.717) is 32.1 Å². The number of hydrogen-bond acceptors (Lipinski definition) is 4. The standard InChI is InChI=1S/C17H27NO5/c1-3-4-8-15(21)23-13-7-5-6-10-17(2,11-9-13)16(22)18-12-14(19)20/h5,7,13H,3-4,6,8-12H2,1-2H3,(H,18,22)(H,19,20)/b7-5+/t13-,17+/m0/s1. The zero-order valence-electron chi connectivity index (χ0n) is 14.0. The van der Waals surface area contributed by atoms with Crippen LogP contribution in [0.25, 0.3) is 0 Å². The molecule has 0 spiro atoms. The lowest BCUT2D eigenvalue weighted by atomic mass is 9.78. The molecular formula is C17H27NO5. The highest BCUT2D eigenvalue weighted by atomic mass is 16.5. The summed E-state index contributed by atoms with van der Waals surface area (Å²) in [6.07, 6.45) is 8.12. The Bertz CT molecular complexity index is 460. The van der Waals surface area contributed by atoms with Crippen LogP contribution in [0.15, 0.2) is 12.2 Å². The maximum absolute atomic E-state index is 12.3. The van der Waals surface area contributed by atoms with Crippen LogP contribution in [0.2, 0.25) is 0 Å². The first kappa shape index (κ1) is 19.2. The van der Waals surface area contributed by atoms with Crippen LogP contribution in [-0.2, 0) is 19.1 Å². The summed E-state index contributed by atoms with van der Waals surface area (Å²) >= 11 is 0. The number of carbonyl (C=O) groups is 3. The third kappa shape index (κ3) is 6.84. The SMILES string of the molecule is CCCCC(=O)O[C@H]1/C=C/CC[C@@](C)(C(=O)NCC(=O)O)CC1. The van der Waals surface area contributed by atoms with Gasteiger partial charge in [0.25, 0.3) is 0 Å². The largest absolute Gasteiger partial charge is 0.480 e. The van der Waals surface area contributed by atoms with E-state index in [1.807, 2.05) is 26.0 Å². The topological polar surface area (TPSA) is 92.7 Å². The van der Waals surface area contributed by atoms with Gasteiger partial charge in [-0.1, -0.05) is 26.3 Å². The quantitative estimate of drug-likeness (QED) is 0.554. The van der Waals surface area contributed by atoms with Crippen molar-refractivity contribution >= 4 is 17.8 Å². The lowest BCUT2D eigenvalue weighted by Crippen LogP contribution is -2.42. The minimum Gasteiger partial charge on any atom is -0.480 e. The monoisotopic (exact) mass is 325 g/mol. The summed E-state index contributed by atoms with van der Waals surface area (Å²) in [5, 5.41) is 11.1. The van der Waals surface area contributed by atoms with Gasteiger partial charge < -0.3 is 15.2 Å². The molecule has 1 aliphatic rings. The minimum atomic E-state index is -1.06. The van der Waals surface area contributed by atoms with E-state index in [-0.39, 0.29) is 24.5 Å². The molecule has 0 aliphatic heterocycles. The van der Waals surface area contributed by atoms with Crippen molar-refractivity contribution in [3.8, 4) is 0 Å². The van der Waals surface area contributed by atoms with Crippen molar-refractivity contribution in [1.82, 2.24) is 5.32 Å². The van der Waals surface area contributed by atoms with Crippen molar-refractivity contribution in [1.29, 1.82) is 0 Å². The van der Waals surface area contributed by atoms with Gasteiger partial charge in [0.1, 0.15) is 12.6 Å². The maximum atomic E-state index is 12.3. The average Bonchev–Trinajstić information content (AvgIpc) is 2.50. The predicted molar refractivity (Wildman–Crippen MR) is 85.8 cm³/mol. The van der Waals surface area contributed by atoms with Gasteiger partial charge in [0, 0.05) is 11.8 Å². The fourth-order valence-corrected chi connectivity index (χ4v) is 2.58. The zero-order chi connectivity index (χ0) is 17.3. The Kier molecular flexibility index (Phi) is 7.78. The molecule has 6 heteroatoms. The first-order valence-electron chi connectivity index (χ1n) is 8.23. The number of esters is 1. The van der Waals surface area contributed by atoms with Gasteiger partial charge in [0.2, 0.25) is 5.91 Å². The normalized spacial score (nSPS) is 25.7. The molecule has 0 saturated carbocycles.